The van der Waals surface area contributed by atoms with Crippen LogP contribution in [0, 0.1) is 30.1 Å². The molecule has 30 heavy (non-hydrogen) atoms. The molecule has 1 saturated heterocycles. The van der Waals surface area contributed by atoms with E-state index in [0.29, 0.717) is 40.2 Å². The van der Waals surface area contributed by atoms with E-state index in [0.717, 1.165) is 30.9 Å². The number of carbonyl (C=O) groups excluding carboxylic acids is 1. The van der Waals surface area contributed by atoms with Crippen LogP contribution in [0.15, 0.2) is 24.3 Å². The average molecular weight is 428 g/mol. The van der Waals surface area contributed by atoms with Crippen LogP contribution in [0.3, 0.4) is 0 Å². The van der Waals surface area contributed by atoms with Crippen molar-refractivity contribution in [3.63, 3.8) is 0 Å². The van der Waals surface area contributed by atoms with E-state index in [2.05, 4.69) is 24.8 Å². The van der Waals surface area contributed by atoms with Gasteiger partial charge in [0, 0.05) is 23.7 Å². The molecule has 1 unspecified atom stereocenters. The molecule has 1 aromatic heterocycles. The summed E-state index contributed by atoms with van der Waals surface area (Å²) >= 11 is 6.44. The summed E-state index contributed by atoms with van der Waals surface area (Å²) in [4.78, 5) is 15.2. The van der Waals surface area contributed by atoms with Crippen molar-refractivity contribution in [3.8, 4) is 6.07 Å². The van der Waals surface area contributed by atoms with E-state index in [1.54, 1.807) is 6.92 Å². The summed E-state index contributed by atoms with van der Waals surface area (Å²) in [6.45, 7) is 10.6. The molecule has 0 N–H and O–H groups in total. The van der Waals surface area contributed by atoms with Gasteiger partial charge < -0.3 is 14.2 Å². The van der Waals surface area contributed by atoms with E-state index in [9.17, 15) is 10.1 Å². The number of anilines is 1. The Morgan fingerprint density at radius 1 is 1.37 bits per heavy atom. The van der Waals surface area contributed by atoms with Crippen LogP contribution < -0.4 is 4.90 Å². The fourth-order valence-electron chi connectivity index (χ4n) is 4.35. The van der Waals surface area contributed by atoms with Gasteiger partial charge in [0.15, 0.2) is 0 Å². The lowest BCUT2D eigenvalue weighted by molar-refractivity contribution is 0.0513. The van der Waals surface area contributed by atoms with Gasteiger partial charge in [0.2, 0.25) is 0 Å². The summed E-state index contributed by atoms with van der Waals surface area (Å²) in [5, 5.41) is 10.6. The summed E-state index contributed by atoms with van der Waals surface area (Å²) in [6.07, 6.45) is 2.25. The van der Waals surface area contributed by atoms with Gasteiger partial charge in [-0.1, -0.05) is 43.6 Å². The number of halogens is 1. The predicted octanol–water partition coefficient (Wildman–Crippen LogP) is 5.42. The number of hydrogen-bond acceptors (Lipinski definition) is 4. The van der Waals surface area contributed by atoms with E-state index >= 15 is 0 Å². The first-order valence-electron chi connectivity index (χ1n) is 10.7. The van der Waals surface area contributed by atoms with Gasteiger partial charge in [-0.25, -0.2) is 4.79 Å². The van der Waals surface area contributed by atoms with Gasteiger partial charge in [-0.2, -0.15) is 5.26 Å². The molecule has 1 aromatic carbocycles. The maximum absolute atomic E-state index is 12.9. The van der Waals surface area contributed by atoms with Crippen LogP contribution in [0.25, 0.3) is 0 Å². The van der Waals surface area contributed by atoms with Gasteiger partial charge in [-0.05, 0) is 50.2 Å². The summed E-state index contributed by atoms with van der Waals surface area (Å²) in [5.74, 6) is 1.53. The maximum Gasteiger partial charge on any atom is 0.355 e. The van der Waals surface area contributed by atoms with Gasteiger partial charge in [0.1, 0.15) is 17.6 Å². The zero-order chi connectivity index (χ0) is 21.8. The van der Waals surface area contributed by atoms with Crippen LogP contribution in [0.5, 0.6) is 0 Å². The molecule has 1 fully saturated rings. The Morgan fingerprint density at radius 3 is 2.73 bits per heavy atom. The SMILES string of the molecule is CCOC(=O)c1c(C)c(C#N)c(N2CCCC(C(C)C)C2)n1Cc1ccccc1Cl. The number of nitriles is 1. The lowest BCUT2D eigenvalue weighted by atomic mass is 9.88. The molecule has 0 spiro atoms. The fourth-order valence-corrected chi connectivity index (χ4v) is 4.55. The van der Waals surface area contributed by atoms with Gasteiger partial charge in [0.05, 0.1) is 18.7 Å². The van der Waals surface area contributed by atoms with Gasteiger partial charge in [-0.3, -0.25) is 0 Å². The Balaban J connectivity index is 2.16. The summed E-state index contributed by atoms with van der Waals surface area (Å²) in [7, 11) is 0. The molecule has 5 nitrogen and oxygen atoms in total. The average Bonchev–Trinajstić information content (AvgIpc) is 3.01. The zero-order valence-corrected chi connectivity index (χ0v) is 19.0. The van der Waals surface area contributed by atoms with Crippen molar-refractivity contribution in [2.45, 2.75) is 47.1 Å². The third-order valence-electron chi connectivity index (χ3n) is 6.05. The molecule has 0 saturated carbocycles. The zero-order valence-electron chi connectivity index (χ0n) is 18.2. The molecule has 1 aliphatic heterocycles. The summed E-state index contributed by atoms with van der Waals surface area (Å²) in [6, 6.07) is 9.98. The van der Waals surface area contributed by atoms with Crippen molar-refractivity contribution >= 4 is 23.4 Å². The number of benzene rings is 1. The smallest absolute Gasteiger partial charge is 0.355 e. The monoisotopic (exact) mass is 427 g/mol. The van der Waals surface area contributed by atoms with Crippen LogP contribution in [0.1, 0.15) is 60.8 Å². The molecule has 6 heteroatoms. The van der Waals surface area contributed by atoms with Crippen LogP contribution >= 0.6 is 11.6 Å². The molecular formula is C24H30ClN3O2. The quantitative estimate of drug-likeness (QED) is 0.577. The molecule has 160 valence electrons. The maximum atomic E-state index is 12.9. The Hall–Kier alpha value is -2.45. The van der Waals surface area contributed by atoms with Crippen LogP contribution in [0.4, 0.5) is 5.82 Å². The van der Waals surface area contributed by atoms with E-state index < -0.39 is 5.97 Å². The fraction of sp³-hybridized carbons (Fsp3) is 0.500. The molecule has 0 bridgehead atoms. The first kappa shape index (κ1) is 22.2. The third kappa shape index (κ3) is 4.34. The van der Waals surface area contributed by atoms with E-state index in [-0.39, 0.29) is 6.61 Å². The number of nitrogens with zero attached hydrogens (tertiary/aromatic N) is 3. The number of hydrogen-bond donors (Lipinski definition) is 0. The molecule has 3 rings (SSSR count). The van der Waals surface area contributed by atoms with Crippen molar-refractivity contribution in [2.24, 2.45) is 11.8 Å². The van der Waals surface area contributed by atoms with Gasteiger partial charge >= 0.3 is 5.97 Å². The molecule has 2 aromatic rings. The lowest BCUT2D eigenvalue weighted by Crippen LogP contribution is -2.39. The number of esters is 1. The minimum absolute atomic E-state index is 0.284. The topological polar surface area (TPSA) is 58.3 Å². The number of aromatic nitrogens is 1. The first-order valence-corrected chi connectivity index (χ1v) is 11.0. The molecule has 0 amide bonds. The molecular weight excluding hydrogens is 398 g/mol. The van der Waals surface area contributed by atoms with Crippen LogP contribution in [-0.2, 0) is 11.3 Å². The second kappa shape index (κ2) is 9.57. The molecule has 0 radical (unpaired) electrons. The Kier molecular flexibility index (Phi) is 7.10. The third-order valence-corrected chi connectivity index (χ3v) is 6.42. The van der Waals surface area contributed by atoms with Crippen molar-refractivity contribution in [1.82, 2.24) is 4.57 Å². The normalized spacial score (nSPS) is 16.6. The van der Waals surface area contributed by atoms with Gasteiger partial charge in [-0.15, -0.1) is 0 Å². The number of piperidine rings is 1. The Labute approximate surface area is 184 Å². The number of carbonyl (C=O) groups is 1. The first-order chi connectivity index (χ1) is 14.4. The van der Waals surface area contributed by atoms with Crippen LogP contribution in [0.2, 0.25) is 5.02 Å². The van der Waals surface area contributed by atoms with Crippen molar-refractivity contribution in [2.75, 3.05) is 24.6 Å². The van der Waals surface area contributed by atoms with Crippen molar-refractivity contribution in [1.29, 1.82) is 5.26 Å². The Morgan fingerprint density at radius 2 is 2.10 bits per heavy atom. The van der Waals surface area contributed by atoms with E-state index in [4.69, 9.17) is 16.3 Å². The largest absolute Gasteiger partial charge is 0.461 e. The van der Waals surface area contributed by atoms with Gasteiger partial charge in [0.25, 0.3) is 0 Å². The van der Waals surface area contributed by atoms with Crippen molar-refractivity contribution < 1.29 is 9.53 Å². The molecule has 0 aliphatic carbocycles. The molecule has 1 aliphatic rings. The van der Waals surface area contributed by atoms with E-state index in [1.165, 1.54) is 6.42 Å². The van der Waals surface area contributed by atoms with Crippen LogP contribution in [-0.4, -0.2) is 30.2 Å². The number of rotatable bonds is 6. The number of ether oxygens (including phenoxy) is 1. The minimum atomic E-state index is -0.401. The highest BCUT2D eigenvalue weighted by atomic mass is 35.5. The highest BCUT2D eigenvalue weighted by Crippen LogP contribution is 2.36. The molecule has 1 atom stereocenters. The highest BCUT2D eigenvalue weighted by Gasteiger charge is 2.32. The second-order valence-corrected chi connectivity index (χ2v) is 8.68. The Bertz CT molecular complexity index is 958. The van der Waals surface area contributed by atoms with Crippen molar-refractivity contribution in [3.05, 3.63) is 51.7 Å². The highest BCUT2D eigenvalue weighted by molar-refractivity contribution is 6.31. The standard InChI is InChI=1S/C24H30ClN3O2/c1-5-30-24(29)22-17(4)20(13-26)23(27-12-8-10-18(14-27)16(2)3)28(22)15-19-9-6-7-11-21(19)25/h6-7,9,11,16,18H,5,8,10,12,14-15H2,1-4H3. The summed E-state index contributed by atoms with van der Waals surface area (Å²) < 4.78 is 7.30. The second-order valence-electron chi connectivity index (χ2n) is 8.27. The van der Waals surface area contributed by atoms with E-state index in [1.807, 2.05) is 35.8 Å². The lowest BCUT2D eigenvalue weighted by Gasteiger charge is -2.37. The molecule has 2 heterocycles. The summed E-state index contributed by atoms with van der Waals surface area (Å²) in [5.41, 5.74) is 2.57. The predicted molar refractivity (Wildman–Crippen MR) is 120 cm³/mol. The minimum Gasteiger partial charge on any atom is -0.461 e.